The quantitative estimate of drug-likeness (QED) is 0.507. The fourth-order valence-corrected chi connectivity index (χ4v) is 2.17. The highest BCUT2D eigenvalue weighted by Crippen LogP contribution is 2.04. The molecule has 0 aliphatic carbocycles. The van der Waals surface area contributed by atoms with Gasteiger partial charge in [0, 0.05) is 13.2 Å². The van der Waals surface area contributed by atoms with Crippen molar-refractivity contribution in [1.82, 2.24) is 0 Å². The average molecular weight is 185 g/mol. The highest BCUT2D eigenvalue weighted by atomic mass is 35.5. The van der Waals surface area contributed by atoms with Crippen LogP contribution in [0.1, 0.15) is 13.8 Å². The van der Waals surface area contributed by atoms with Crippen molar-refractivity contribution in [3.05, 3.63) is 0 Å². The lowest BCUT2D eigenvalue weighted by atomic mass is 10.9. The molecule has 0 saturated carbocycles. The van der Waals surface area contributed by atoms with Gasteiger partial charge in [0.2, 0.25) is 0 Å². The molecule has 1 N–H and O–H groups in total. The maximum atomic E-state index is 9.38. The number of hydrogen-bond acceptors (Lipinski definition) is 3. The minimum atomic E-state index is -2.96. The van der Waals surface area contributed by atoms with Crippen molar-refractivity contribution in [2.45, 2.75) is 13.8 Å². The molecule has 62 valence electrons. The van der Waals surface area contributed by atoms with E-state index in [-0.39, 0.29) is 5.50 Å². The first-order valence-electron chi connectivity index (χ1n) is 3.24. The summed E-state index contributed by atoms with van der Waals surface area (Å²) < 4.78 is 9.92. The van der Waals surface area contributed by atoms with Crippen molar-refractivity contribution >= 4 is 20.4 Å². The molecule has 0 amide bonds. The zero-order valence-electron chi connectivity index (χ0n) is 6.26. The molecule has 0 unspecified atom stereocenters. The number of hydrogen-bond donors (Lipinski definition) is 1. The molecule has 0 saturated heterocycles. The molecule has 0 aliphatic rings. The summed E-state index contributed by atoms with van der Waals surface area (Å²) in [4.78, 5) is 9.38. The van der Waals surface area contributed by atoms with Crippen molar-refractivity contribution in [2.75, 3.05) is 18.7 Å². The molecule has 0 heterocycles. The van der Waals surface area contributed by atoms with E-state index in [9.17, 15) is 4.80 Å². The van der Waals surface area contributed by atoms with Crippen molar-refractivity contribution in [3.63, 3.8) is 0 Å². The maximum absolute atomic E-state index is 9.38. The largest absolute Gasteiger partial charge is 0.513 e. The van der Waals surface area contributed by atoms with Gasteiger partial charge in [0.05, 0.1) is 5.50 Å². The summed E-state index contributed by atoms with van der Waals surface area (Å²) in [6, 6.07) is 0. The van der Waals surface area contributed by atoms with Crippen LogP contribution in [0, 0.1) is 0 Å². The van der Waals surface area contributed by atoms with E-state index < -0.39 is 8.80 Å². The Kier molecular flexibility index (Phi) is 5.29. The van der Waals surface area contributed by atoms with Crippen molar-refractivity contribution in [2.24, 2.45) is 0 Å². The van der Waals surface area contributed by atoms with Gasteiger partial charge in [-0.1, -0.05) is 0 Å². The topological polar surface area (TPSA) is 38.7 Å². The van der Waals surface area contributed by atoms with Crippen LogP contribution in [0.15, 0.2) is 0 Å². The van der Waals surface area contributed by atoms with Crippen molar-refractivity contribution in [3.8, 4) is 0 Å². The predicted molar refractivity (Wildman–Crippen MR) is 41.9 cm³/mol. The smallest absolute Gasteiger partial charge is 0.389 e. The molecule has 3 nitrogen and oxygen atoms in total. The predicted octanol–water partition coefficient (Wildman–Crippen LogP) is 0.769. The molecule has 0 atom stereocenters. The highest BCUT2D eigenvalue weighted by Gasteiger charge is 2.34. The van der Waals surface area contributed by atoms with E-state index in [4.69, 9.17) is 20.5 Å². The van der Waals surface area contributed by atoms with Crippen molar-refractivity contribution in [1.29, 1.82) is 0 Å². The fourth-order valence-electron chi connectivity index (χ4n) is 0.570. The van der Waals surface area contributed by atoms with Crippen LogP contribution in [-0.2, 0) is 8.85 Å². The van der Waals surface area contributed by atoms with Gasteiger partial charge in [-0.15, -0.1) is 11.6 Å². The van der Waals surface area contributed by atoms with E-state index in [1.807, 2.05) is 0 Å². The zero-order valence-corrected chi connectivity index (χ0v) is 8.02. The van der Waals surface area contributed by atoms with Crippen LogP contribution in [0.2, 0.25) is 0 Å². The third-order valence-electron chi connectivity index (χ3n) is 0.909. The number of alkyl halides is 1. The third kappa shape index (κ3) is 3.53. The molecule has 0 aromatic carbocycles. The van der Waals surface area contributed by atoms with Crippen LogP contribution in [0.5, 0.6) is 0 Å². The van der Waals surface area contributed by atoms with Gasteiger partial charge in [-0.25, -0.2) is 0 Å². The Labute approximate surface area is 67.3 Å². The molecule has 0 radical (unpaired) electrons. The summed E-state index contributed by atoms with van der Waals surface area (Å²) in [6.45, 7) is 4.47. The van der Waals surface area contributed by atoms with Crippen LogP contribution in [0.4, 0.5) is 0 Å². The molecular formula is C5H13ClO3Si. The Morgan fingerprint density at radius 1 is 1.30 bits per heavy atom. The minimum Gasteiger partial charge on any atom is -0.389 e. The molecule has 0 spiro atoms. The molecular weight excluding hydrogens is 172 g/mol. The summed E-state index contributed by atoms with van der Waals surface area (Å²) in [5, 5.41) is 0. The Bertz CT molecular complexity index is 85.0. The van der Waals surface area contributed by atoms with E-state index in [0.29, 0.717) is 13.2 Å². The Balaban J connectivity index is 3.69. The van der Waals surface area contributed by atoms with E-state index in [1.165, 1.54) is 0 Å². The zero-order chi connectivity index (χ0) is 8.04. The lowest BCUT2D eigenvalue weighted by Gasteiger charge is -2.19. The lowest BCUT2D eigenvalue weighted by Crippen LogP contribution is -2.45. The average Bonchev–Trinajstić information content (AvgIpc) is 1.89. The Hall–Kier alpha value is 0.387. The second-order valence-electron chi connectivity index (χ2n) is 1.71. The second kappa shape index (κ2) is 5.09. The Morgan fingerprint density at radius 3 is 1.90 bits per heavy atom. The summed E-state index contributed by atoms with van der Waals surface area (Å²) >= 11 is 5.43. The molecule has 0 bridgehead atoms. The molecule has 0 fully saturated rings. The monoisotopic (exact) mass is 184 g/mol. The molecule has 5 heteroatoms. The van der Waals surface area contributed by atoms with Crippen molar-refractivity contribution < 1.29 is 13.6 Å². The van der Waals surface area contributed by atoms with Gasteiger partial charge < -0.3 is 13.6 Å². The van der Waals surface area contributed by atoms with Gasteiger partial charge >= 0.3 is 8.80 Å². The summed E-state index contributed by atoms with van der Waals surface area (Å²) in [5.41, 5.74) is 0.0642. The van der Waals surface area contributed by atoms with Crippen LogP contribution in [-0.4, -0.2) is 32.3 Å². The van der Waals surface area contributed by atoms with E-state index in [2.05, 4.69) is 0 Å². The van der Waals surface area contributed by atoms with Gasteiger partial charge in [0.25, 0.3) is 0 Å². The summed E-state index contributed by atoms with van der Waals surface area (Å²) in [5.74, 6) is 0. The first kappa shape index (κ1) is 10.4. The molecule has 10 heavy (non-hydrogen) atoms. The lowest BCUT2D eigenvalue weighted by molar-refractivity contribution is 0.114. The molecule has 0 aromatic heterocycles. The van der Waals surface area contributed by atoms with E-state index >= 15 is 0 Å². The highest BCUT2D eigenvalue weighted by molar-refractivity contribution is 6.67. The van der Waals surface area contributed by atoms with Crippen LogP contribution < -0.4 is 0 Å². The van der Waals surface area contributed by atoms with E-state index in [1.54, 1.807) is 13.8 Å². The number of halogens is 1. The minimum absolute atomic E-state index is 0.0642. The maximum Gasteiger partial charge on any atom is 0.513 e. The normalized spacial score (nSPS) is 12.0. The standard InChI is InChI=1S/C5H13ClO3Si/c1-3-8-10(7,5-6)9-4-2/h7H,3-5H2,1-2H3. The fraction of sp³-hybridized carbons (Fsp3) is 1.00. The van der Waals surface area contributed by atoms with Crippen LogP contribution >= 0.6 is 11.6 Å². The van der Waals surface area contributed by atoms with Gasteiger partial charge in [-0.2, -0.15) is 0 Å². The summed E-state index contributed by atoms with van der Waals surface area (Å²) in [6.07, 6.45) is 0. The van der Waals surface area contributed by atoms with Gasteiger partial charge in [-0.3, -0.25) is 0 Å². The first-order valence-corrected chi connectivity index (χ1v) is 5.75. The van der Waals surface area contributed by atoms with Crippen LogP contribution in [0.25, 0.3) is 0 Å². The van der Waals surface area contributed by atoms with Gasteiger partial charge in [0.1, 0.15) is 0 Å². The SMILES string of the molecule is CCO[Si](O)(CCl)OCC. The molecule has 0 aromatic rings. The third-order valence-corrected chi connectivity index (χ3v) is 3.74. The van der Waals surface area contributed by atoms with Crippen LogP contribution in [0.3, 0.4) is 0 Å². The second-order valence-corrected chi connectivity index (χ2v) is 4.78. The number of rotatable bonds is 5. The first-order chi connectivity index (χ1) is 4.68. The van der Waals surface area contributed by atoms with Gasteiger partial charge in [0.15, 0.2) is 0 Å². The summed E-state index contributed by atoms with van der Waals surface area (Å²) in [7, 11) is -2.96. The molecule has 0 aliphatic heterocycles. The van der Waals surface area contributed by atoms with Gasteiger partial charge in [-0.05, 0) is 13.8 Å². The van der Waals surface area contributed by atoms with E-state index in [0.717, 1.165) is 0 Å². The molecule has 0 rings (SSSR count). The Morgan fingerprint density at radius 2 is 1.70 bits per heavy atom.